The zero-order valence-corrected chi connectivity index (χ0v) is 7.56. The van der Waals surface area contributed by atoms with Crippen molar-refractivity contribution >= 4 is 9.84 Å². The molecule has 0 radical (unpaired) electrons. The standard InChI is InChI=1S/C7H13FO3S/c8-7-2-4-12(10,11)3-1-6(7)5-9/h6-7,9H,1-5H2/t6-,7-/m1/s1. The number of sulfone groups is 1. The van der Waals surface area contributed by atoms with Crippen molar-refractivity contribution in [2.24, 2.45) is 5.92 Å². The van der Waals surface area contributed by atoms with E-state index < -0.39 is 21.9 Å². The third-order valence-corrected chi connectivity index (χ3v) is 3.97. The zero-order valence-electron chi connectivity index (χ0n) is 6.74. The predicted octanol–water partition coefficient (Wildman–Crippen LogP) is 0.142. The average Bonchev–Trinajstić information content (AvgIpc) is 2.13. The van der Waals surface area contributed by atoms with Crippen molar-refractivity contribution in [1.82, 2.24) is 0 Å². The summed E-state index contributed by atoms with van der Waals surface area (Å²) in [6.07, 6.45) is -0.875. The Kier molecular flexibility index (Phi) is 3.06. The molecule has 5 heteroatoms. The molecule has 3 nitrogen and oxygen atoms in total. The first-order chi connectivity index (χ1) is 5.55. The first-order valence-electron chi connectivity index (χ1n) is 4.00. The minimum atomic E-state index is -3.05. The maximum Gasteiger partial charge on any atom is 0.150 e. The summed E-state index contributed by atoms with van der Waals surface area (Å²) in [5, 5.41) is 8.72. The van der Waals surface area contributed by atoms with Gasteiger partial charge in [-0.05, 0) is 12.8 Å². The number of hydrogen-bond donors (Lipinski definition) is 1. The van der Waals surface area contributed by atoms with Crippen LogP contribution >= 0.6 is 0 Å². The fraction of sp³-hybridized carbons (Fsp3) is 1.00. The first kappa shape index (κ1) is 9.92. The van der Waals surface area contributed by atoms with E-state index in [1.165, 1.54) is 0 Å². The van der Waals surface area contributed by atoms with Crippen LogP contribution in [0.15, 0.2) is 0 Å². The molecule has 1 fully saturated rings. The van der Waals surface area contributed by atoms with Gasteiger partial charge in [0.05, 0.1) is 11.5 Å². The lowest BCUT2D eigenvalue weighted by Gasteiger charge is -2.13. The Morgan fingerprint density at radius 1 is 1.33 bits per heavy atom. The maximum absolute atomic E-state index is 13.0. The van der Waals surface area contributed by atoms with Crippen molar-refractivity contribution in [1.29, 1.82) is 0 Å². The van der Waals surface area contributed by atoms with Gasteiger partial charge in [-0.1, -0.05) is 0 Å². The minimum Gasteiger partial charge on any atom is -0.396 e. The Hall–Kier alpha value is -0.160. The summed E-state index contributed by atoms with van der Waals surface area (Å²) >= 11 is 0. The molecule has 0 aromatic carbocycles. The van der Waals surface area contributed by atoms with Crippen LogP contribution in [0.25, 0.3) is 0 Å². The fourth-order valence-corrected chi connectivity index (χ4v) is 2.80. The molecule has 1 N–H and O–H groups in total. The molecule has 1 rings (SSSR count). The molecule has 1 aliphatic rings. The third-order valence-electron chi connectivity index (χ3n) is 2.25. The van der Waals surface area contributed by atoms with E-state index in [9.17, 15) is 12.8 Å². The van der Waals surface area contributed by atoms with Crippen LogP contribution in [0, 0.1) is 5.92 Å². The van der Waals surface area contributed by atoms with Gasteiger partial charge in [0.15, 0.2) is 0 Å². The molecule has 0 aromatic heterocycles. The van der Waals surface area contributed by atoms with Crippen molar-refractivity contribution in [3.63, 3.8) is 0 Å². The average molecular weight is 196 g/mol. The molecule has 72 valence electrons. The summed E-state index contributed by atoms with van der Waals surface area (Å²) in [7, 11) is -3.05. The van der Waals surface area contributed by atoms with E-state index in [0.29, 0.717) is 0 Å². The molecule has 1 heterocycles. The third kappa shape index (κ3) is 2.42. The second kappa shape index (κ2) is 3.70. The van der Waals surface area contributed by atoms with E-state index in [-0.39, 0.29) is 31.0 Å². The van der Waals surface area contributed by atoms with E-state index in [4.69, 9.17) is 5.11 Å². The molecular weight excluding hydrogens is 183 g/mol. The smallest absolute Gasteiger partial charge is 0.150 e. The molecule has 0 aliphatic carbocycles. The molecule has 2 atom stereocenters. The molecule has 0 amide bonds. The number of halogens is 1. The van der Waals surface area contributed by atoms with Gasteiger partial charge in [0, 0.05) is 12.5 Å². The Morgan fingerprint density at radius 3 is 2.50 bits per heavy atom. The molecule has 0 unspecified atom stereocenters. The van der Waals surface area contributed by atoms with Crippen molar-refractivity contribution in [3.05, 3.63) is 0 Å². The van der Waals surface area contributed by atoms with Gasteiger partial charge in [-0.3, -0.25) is 0 Å². The molecular formula is C7H13FO3S. The van der Waals surface area contributed by atoms with E-state index in [0.717, 1.165) is 0 Å². The fourth-order valence-electron chi connectivity index (χ4n) is 1.35. The highest BCUT2D eigenvalue weighted by Gasteiger charge is 2.28. The van der Waals surface area contributed by atoms with Crippen molar-refractivity contribution in [2.75, 3.05) is 18.1 Å². The number of aliphatic hydroxyl groups is 1. The van der Waals surface area contributed by atoms with Crippen molar-refractivity contribution in [2.45, 2.75) is 19.0 Å². The van der Waals surface area contributed by atoms with Gasteiger partial charge in [-0.15, -0.1) is 0 Å². The van der Waals surface area contributed by atoms with E-state index in [1.807, 2.05) is 0 Å². The number of rotatable bonds is 1. The lowest BCUT2D eigenvalue weighted by molar-refractivity contribution is 0.136. The summed E-state index contributed by atoms with van der Waals surface area (Å²) in [6.45, 7) is -0.253. The number of aliphatic hydroxyl groups excluding tert-OH is 1. The Labute approximate surface area is 71.5 Å². The lowest BCUT2D eigenvalue weighted by atomic mass is 10.0. The van der Waals surface area contributed by atoms with Gasteiger partial charge in [-0.25, -0.2) is 12.8 Å². The molecule has 0 saturated carbocycles. The molecule has 12 heavy (non-hydrogen) atoms. The zero-order chi connectivity index (χ0) is 9.19. The molecule has 1 aliphatic heterocycles. The van der Waals surface area contributed by atoms with Crippen molar-refractivity contribution in [3.8, 4) is 0 Å². The van der Waals surface area contributed by atoms with Crippen LogP contribution in [0.1, 0.15) is 12.8 Å². The van der Waals surface area contributed by atoms with Crippen LogP contribution in [0.2, 0.25) is 0 Å². The number of alkyl halides is 1. The Morgan fingerprint density at radius 2 is 1.92 bits per heavy atom. The molecule has 0 bridgehead atoms. The van der Waals surface area contributed by atoms with Gasteiger partial charge in [0.1, 0.15) is 16.0 Å². The second-order valence-corrected chi connectivity index (χ2v) is 5.49. The summed E-state index contributed by atoms with van der Waals surface area (Å²) in [5.41, 5.74) is 0. The summed E-state index contributed by atoms with van der Waals surface area (Å²) in [4.78, 5) is 0. The minimum absolute atomic E-state index is 0.0125. The van der Waals surface area contributed by atoms with Gasteiger partial charge in [0.2, 0.25) is 0 Å². The van der Waals surface area contributed by atoms with Crippen LogP contribution < -0.4 is 0 Å². The van der Waals surface area contributed by atoms with Crippen LogP contribution in [-0.2, 0) is 9.84 Å². The largest absolute Gasteiger partial charge is 0.396 e. The maximum atomic E-state index is 13.0. The predicted molar refractivity (Wildman–Crippen MR) is 43.4 cm³/mol. The van der Waals surface area contributed by atoms with Crippen LogP contribution in [-0.4, -0.2) is 37.8 Å². The summed E-state index contributed by atoms with van der Waals surface area (Å²) in [6, 6.07) is 0. The summed E-state index contributed by atoms with van der Waals surface area (Å²) < 4.78 is 35.1. The van der Waals surface area contributed by atoms with E-state index in [1.54, 1.807) is 0 Å². The van der Waals surface area contributed by atoms with Crippen LogP contribution in [0.5, 0.6) is 0 Å². The normalized spacial score (nSPS) is 35.8. The molecule has 0 aromatic rings. The van der Waals surface area contributed by atoms with Gasteiger partial charge < -0.3 is 5.11 Å². The van der Waals surface area contributed by atoms with Crippen LogP contribution in [0.4, 0.5) is 4.39 Å². The monoisotopic (exact) mass is 196 g/mol. The van der Waals surface area contributed by atoms with Gasteiger partial charge in [0.25, 0.3) is 0 Å². The highest BCUT2D eigenvalue weighted by molar-refractivity contribution is 7.91. The second-order valence-electron chi connectivity index (χ2n) is 3.19. The first-order valence-corrected chi connectivity index (χ1v) is 5.82. The van der Waals surface area contributed by atoms with Gasteiger partial charge >= 0.3 is 0 Å². The SMILES string of the molecule is O=S1(=O)CC[C@H](CO)[C@H](F)CC1. The Bertz CT molecular complexity index is 237. The topological polar surface area (TPSA) is 54.4 Å². The molecule has 1 saturated heterocycles. The highest BCUT2D eigenvalue weighted by atomic mass is 32.2. The van der Waals surface area contributed by atoms with Crippen molar-refractivity contribution < 1.29 is 17.9 Å². The quantitative estimate of drug-likeness (QED) is 0.649. The molecule has 0 spiro atoms. The highest BCUT2D eigenvalue weighted by Crippen LogP contribution is 2.21. The van der Waals surface area contributed by atoms with Crippen LogP contribution in [0.3, 0.4) is 0 Å². The van der Waals surface area contributed by atoms with E-state index in [2.05, 4.69) is 0 Å². The number of hydrogen-bond acceptors (Lipinski definition) is 3. The van der Waals surface area contributed by atoms with Gasteiger partial charge in [-0.2, -0.15) is 0 Å². The summed E-state index contributed by atoms with van der Waals surface area (Å²) in [5.74, 6) is -0.550. The lowest BCUT2D eigenvalue weighted by Crippen LogP contribution is -2.19. The van der Waals surface area contributed by atoms with E-state index >= 15 is 0 Å². The Balaban J connectivity index is 2.65.